The molecule has 0 spiro atoms. The first-order chi connectivity index (χ1) is 5.87. The fourth-order valence-corrected chi connectivity index (χ4v) is 1.10. The molecule has 1 aliphatic heterocycles. The van der Waals surface area contributed by atoms with Gasteiger partial charge >= 0.3 is 0 Å². The third-order valence-corrected chi connectivity index (χ3v) is 1.83. The SMILES string of the molecule is CCC1(c2ncc[nH]2)N=NN=N1. The third kappa shape index (κ3) is 0.843. The maximum atomic E-state index is 4.08. The third-order valence-electron chi connectivity index (χ3n) is 1.83. The molecule has 2 rings (SSSR count). The van der Waals surface area contributed by atoms with Gasteiger partial charge in [0.1, 0.15) is 0 Å². The zero-order chi connectivity index (χ0) is 8.44. The molecule has 0 aromatic carbocycles. The quantitative estimate of drug-likeness (QED) is 0.710. The van der Waals surface area contributed by atoms with Crippen LogP contribution in [0.2, 0.25) is 0 Å². The number of hydrogen-bond donors (Lipinski definition) is 1. The number of nitrogens with zero attached hydrogens (tertiary/aromatic N) is 5. The van der Waals surface area contributed by atoms with E-state index in [9.17, 15) is 0 Å². The minimum Gasteiger partial charge on any atom is -0.345 e. The summed E-state index contributed by atoms with van der Waals surface area (Å²) in [4.78, 5) is 7.03. The molecule has 0 bridgehead atoms. The van der Waals surface area contributed by atoms with E-state index in [2.05, 4.69) is 30.6 Å². The summed E-state index contributed by atoms with van der Waals surface area (Å²) in [5.74, 6) is 0.690. The van der Waals surface area contributed by atoms with Crippen molar-refractivity contribution in [3.05, 3.63) is 18.2 Å². The van der Waals surface area contributed by atoms with E-state index in [1.807, 2.05) is 6.92 Å². The second-order valence-electron chi connectivity index (χ2n) is 2.49. The molecule has 1 aromatic heterocycles. The first kappa shape index (κ1) is 7.08. The van der Waals surface area contributed by atoms with Crippen LogP contribution in [0.15, 0.2) is 33.1 Å². The normalized spacial score (nSPS) is 18.8. The molecule has 1 aliphatic rings. The summed E-state index contributed by atoms with van der Waals surface area (Å²) in [5.41, 5.74) is -0.691. The van der Waals surface area contributed by atoms with Gasteiger partial charge in [0, 0.05) is 18.8 Å². The molecule has 0 unspecified atom stereocenters. The molecule has 12 heavy (non-hydrogen) atoms. The van der Waals surface area contributed by atoms with Crippen LogP contribution in [-0.2, 0) is 5.66 Å². The molecule has 0 saturated carbocycles. The second-order valence-corrected chi connectivity index (χ2v) is 2.49. The van der Waals surface area contributed by atoms with Gasteiger partial charge in [-0.25, -0.2) is 4.98 Å². The van der Waals surface area contributed by atoms with Crippen molar-refractivity contribution in [2.75, 3.05) is 0 Å². The average molecular weight is 164 g/mol. The Labute approximate surface area is 68.8 Å². The van der Waals surface area contributed by atoms with Gasteiger partial charge in [-0.05, 0) is 10.4 Å². The maximum absolute atomic E-state index is 4.08. The number of nitrogens with one attached hydrogen (secondary N) is 1. The molecular formula is C6H8N6. The number of hydrogen-bond acceptors (Lipinski definition) is 5. The number of aromatic nitrogens is 2. The monoisotopic (exact) mass is 164 g/mol. The van der Waals surface area contributed by atoms with Gasteiger partial charge < -0.3 is 4.98 Å². The number of rotatable bonds is 2. The summed E-state index contributed by atoms with van der Waals surface area (Å²) >= 11 is 0. The lowest BCUT2D eigenvalue weighted by Crippen LogP contribution is -2.18. The van der Waals surface area contributed by atoms with E-state index in [-0.39, 0.29) is 0 Å². The highest BCUT2D eigenvalue weighted by molar-refractivity contribution is 5.04. The van der Waals surface area contributed by atoms with Crippen LogP contribution in [0.3, 0.4) is 0 Å². The zero-order valence-corrected chi connectivity index (χ0v) is 6.60. The van der Waals surface area contributed by atoms with Crippen molar-refractivity contribution < 1.29 is 0 Å². The van der Waals surface area contributed by atoms with Crippen molar-refractivity contribution in [2.24, 2.45) is 20.7 Å². The van der Waals surface area contributed by atoms with Crippen molar-refractivity contribution in [2.45, 2.75) is 19.0 Å². The summed E-state index contributed by atoms with van der Waals surface area (Å²) in [5, 5.41) is 14.8. The molecule has 0 atom stereocenters. The molecule has 6 nitrogen and oxygen atoms in total. The predicted molar refractivity (Wildman–Crippen MR) is 40.3 cm³/mol. The fraction of sp³-hybridized carbons (Fsp3) is 0.500. The lowest BCUT2D eigenvalue weighted by atomic mass is 10.1. The van der Waals surface area contributed by atoms with Gasteiger partial charge in [-0.2, -0.15) is 0 Å². The van der Waals surface area contributed by atoms with Crippen LogP contribution in [0, 0.1) is 0 Å². The highest BCUT2D eigenvalue weighted by Crippen LogP contribution is 2.32. The summed E-state index contributed by atoms with van der Waals surface area (Å²) in [6.07, 6.45) is 4.10. The van der Waals surface area contributed by atoms with Crippen LogP contribution in [0.5, 0.6) is 0 Å². The fourth-order valence-electron chi connectivity index (χ4n) is 1.10. The Kier molecular flexibility index (Phi) is 1.46. The molecule has 2 heterocycles. The Balaban J connectivity index is 2.42. The maximum Gasteiger partial charge on any atom is 0.251 e. The Bertz CT molecular complexity index is 299. The molecule has 0 saturated heterocycles. The van der Waals surface area contributed by atoms with E-state index >= 15 is 0 Å². The Morgan fingerprint density at radius 3 is 2.67 bits per heavy atom. The van der Waals surface area contributed by atoms with Gasteiger partial charge in [0.25, 0.3) is 5.66 Å². The largest absolute Gasteiger partial charge is 0.345 e. The van der Waals surface area contributed by atoms with E-state index in [4.69, 9.17) is 0 Å². The molecule has 0 aliphatic carbocycles. The Morgan fingerprint density at radius 2 is 2.17 bits per heavy atom. The average Bonchev–Trinajstić information content (AvgIpc) is 2.76. The molecular weight excluding hydrogens is 156 g/mol. The molecule has 6 heteroatoms. The van der Waals surface area contributed by atoms with E-state index in [0.717, 1.165) is 0 Å². The Morgan fingerprint density at radius 1 is 1.42 bits per heavy atom. The van der Waals surface area contributed by atoms with Crippen LogP contribution in [0.25, 0.3) is 0 Å². The van der Waals surface area contributed by atoms with Gasteiger partial charge in [0.15, 0.2) is 5.82 Å². The summed E-state index contributed by atoms with van der Waals surface area (Å²) in [6.45, 7) is 1.96. The molecule has 0 fully saturated rings. The van der Waals surface area contributed by atoms with Gasteiger partial charge in [0.05, 0.1) is 0 Å². The van der Waals surface area contributed by atoms with E-state index < -0.39 is 5.66 Å². The van der Waals surface area contributed by atoms with Crippen molar-refractivity contribution in [1.82, 2.24) is 9.97 Å². The van der Waals surface area contributed by atoms with Crippen molar-refractivity contribution in [3.63, 3.8) is 0 Å². The standard InChI is InChI=1S/C6H8N6/c1-2-6(9-11-12-10-6)5-7-3-4-8-5/h3-4H,2H2,1H3,(H,7,8). The number of imidazole rings is 1. The summed E-state index contributed by atoms with van der Waals surface area (Å²) in [7, 11) is 0. The number of aromatic amines is 1. The highest BCUT2D eigenvalue weighted by Gasteiger charge is 2.35. The van der Waals surface area contributed by atoms with E-state index in [0.29, 0.717) is 12.2 Å². The van der Waals surface area contributed by atoms with Gasteiger partial charge in [-0.3, -0.25) is 0 Å². The Hall–Kier alpha value is -1.59. The van der Waals surface area contributed by atoms with Crippen molar-refractivity contribution in [3.8, 4) is 0 Å². The second kappa shape index (κ2) is 2.47. The van der Waals surface area contributed by atoms with Gasteiger partial charge in [0.2, 0.25) is 0 Å². The molecule has 0 amide bonds. The number of H-pyrrole nitrogens is 1. The molecule has 0 radical (unpaired) electrons. The highest BCUT2D eigenvalue weighted by atomic mass is 15.6. The van der Waals surface area contributed by atoms with Crippen LogP contribution in [-0.4, -0.2) is 9.97 Å². The van der Waals surface area contributed by atoms with Crippen molar-refractivity contribution >= 4 is 0 Å². The first-order valence-corrected chi connectivity index (χ1v) is 3.71. The summed E-state index contributed by atoms with van der Waals surface area (Å²) < 4.78 is 0. The van der Waals surface area contributed by atoms with Crippen LogP contribution in [0.1, 0.15) is 19.2 Å². The van der Waals surface area contributed by atoms with Crippen LogP contribution in [0.4, 0.5) is 0 Å². The molecule has 1 N–H and O–H groups in total. The van der Waals surface area contributed by atoms with Crippen molar-refractivity contribution in [1.29, 1.82) is 0 Å². The predicted octanol–water partition coefficient (Wildman–Crippen LogP) is 1.81. The molecule has 1 aromatic rings. The lowest BCUT2D eigenvalue weighted by Gasteiger charge is -2.13. The van der Waals surface area contributed by atoms with Gasteiger partial charge in [-0.15, -0.1) is 10.2 Å². The summed E-state index contributed by atoms with van der Waals surface area (Å²) in [6, 6.07) is 0. The first-order valence-electron chi connectivity index (χ1n) is 3.71. The minimum absolute atomic E-state index is 0.690. The molecule has 62 valence electrons. The lowest BCUT2D eigenvalue weighted by molar-refractivity contribution is 0.423. The van der Waals surface area contributed by atoms with E-state index in [1.165, 1.54) is 0 Å². The zero-order valence-electron chi connectivity index (χ0n) is 6.60. The topological polar surface area (TPSA) is 78.1 Å². The minimum atomic E-state index is -0.691. The van der Waals surface area contributed by atoms with Crippen LogP contribution < -0.4 is 0 Å². The smallest absolute Gasteiger partial charge is 0.251 e. The van der Waals surface area contributed by atoms with Gasteiger partial charge in [-0.1, -0.05) is 6.92 Å². The van der Waals surface area contributed by atoms with E-state index in [1.54, 1.807) is 12.4 Å². The van der Waals surface area contributed by atoms with Crippen LogP contribution >= 0.6 is 0 Å².